The Morgan fingerprint density at radius 1 is 1.21 bits per heavy atom. The van der Waals surface area contributed by atoms with Crippen molar-refractivity contribution in [3.63, 3.8) is 0 Å². The molecule has 0 radical (unpaired) electrons. The van der Waals surface area contributed by atoms with Gasteiger partial charge in [-0.2, -0.15) is 0 Å². The summed E-state index contributed by atoms with van der Waals surface area (Å²) in [6.45, 7) is 6.54. The van der Waals surface area contributed by atoms with E-state index in [1.807, 2.05) is 58.4 Å². The number of amides is 2. The lowest BCUT2D eigenvalue weighted by molar-refractivity contribution is -0.122. The van der Waals surface area contributed by atoms with E-state index in [0.717, 1.165) is 46.4 Å². The van der Waals surface area contributed by atoms with Crippen molar-refractivity contribution in [2.45, 2.75) is 57.6 Å². The first-order valence-corrected chi connectivity index (χ1v) is 12.0. The van der Waals surface area contributed by atoms with Gasteiger partial charge in [0, 0.05) is 43.2 Å². The number of nitrogens with zero attached hydrogens (tertiary/aromatic N) is 4. The number of hydrogen-bond acceptors (Lipinski definition) is 5. The van der Waals surface area contributed by atoms with Gasteiger partial charge in [0.1, 0.15) is 11.6 Å². The van der Waals surface area contributed by atoms with Crippen molar-refractivity contribution in [1.29, 1.82) is 0 Å². The van der Waals surface area contributed by atoms with Gasteiger partial charge in [-0.05, 0) is 51.3 Å². The molecule has 1 saturated carbocycles. The quantitative estimate of drug-likeness (QED) is 0.630. The number of imidazole rings is 1. The number of nitrogens with one attached hydrogen (secondary N) is 1. The Bertz CT molecular complexity index is 1340. The summed E-state index contributed by atoms with van der Waals surface area (Å²) >= 11 is 0. The van der Waals surface area contributed by atoms with E-state index in [2.05, 4.69) is 14.9 Å². The van der Waals surface area contributed by atoms with Crippen molar-refractivity contribution in [1.82, 2.24) is 19.9 Å². The molecule has 8 nitrogen and oxygen atoms in total. The summed E-state index contributed by atoms with van der Waals surface area (Å²) in [5.41, 5.74) is 4.80. The van der Waals surface area contributed by atoms with Crippen LogP contribution in [0.5, 0.6) is 5.88 Å². The lowest BCUT2D eigenvalue weighted by Gasteiger charge is -2.20. The third-order valence-electron chi connectivity index (χ3n) is 7.60. The van der Waals surface area contributed by atoms with Gasteiger partial charge in [-0.3, -0.25) is 9.59 Å². The highest BCUT2D eigenvalue weighted by atomic mass is 16.5. The molecule has 4 heterocycles. The predicted octanol–water partition coefficient (Wildman–Crippen LogP) is 3.59. The SMILES string of the molecule is C[C@@H](Oc1nc(-c2ccc3c(c2)N(C)C(=O)C3(C)C)cc2ncn(C3CC3)c12)C1CNC(=O)C1. The summed E-state index contributed by atoms with van der Waals surface area (Å²) in [5, 5.41) is 2.89. The number of carbonyl (C=O) groups is 2. The van der Waals surface area contributed by atoms with Crippen molar-refractivity contribution in [2.75, 3.05) is 18.5 Å². The number of aromatic nitrogens is 3. The maximum absolute atomic E-state index is 12.8. The second-order valence-electron chi connectivity index (χ2n) is 10.4. The Kier molecular flexibility index (Phi) is 4.53. The predicted molar refractivity (Wildman–Crippen MR) is 129 cm³/mol. The zero-order valence-electron chi connectivity index (χ0n) is 20.0. The molecule has 8 heteroatoms. The molecule has 3 aromatic rings. The Morgan fingerprint density at radius 3 is 2.71 bits per heavy atom. The lowest BCUT2D eigenvalue weighted by Crippen LogP contribution is -2.33. The van der Waals surface area contributed by atoms with Gasteiger partial charge in [-0.1, -0.05) is 12.1 Å². The number of benzene rings is 1. The fourth-order valence-corrected chi connectivity index (χ4v) is 5.26. The van der Waals surface area contributed by atoms with Crippen molar-refractivity contribution >= 4 is 28.5 Å². The van der Waals surface area contributed by atoms with Crippen LogP contribution in [-0.4, -0.2) is 46.0 Å². The zero-order chi connectivity index (χ0) is 23.8. The first-order valence-electron chi connectivity index (χ1n) is 12.0. The summed E-state index contributed by atoms with van der Waals surface area (Å²) in [7, 11) is 1.82. The molecule has 2 fully saturated rings. The molecule has 3 aliphatic rings. The molecule has 1 unspecified atom stereocenters. The summed E-state index contributed by atoms with van der Waals surface area (Å²) in [4.78, 5) is 35.8. The molecule has 2 atom stereocenters. The second-order valence-corrected chi connectivity index (χ2v) is 10.4. The lowest BCUT2D eigenvalue weighted by atomic mass is 9.85. The molecule has 0 spiro atoms. The van der Waals surface area contributed by atoms with Crippen LogP contribution in [0.2, 0.25) is 0 Å². The van der Waals surface area contributed by atoms with Gasteiger partial charge >= 0.3 is 0 Å². The first-order chi connectivity index (χ1) is 16.2. The second kappa shape index (κ2) is 7.29. The maximum Gasteiger partial charge on any atom is 0.241 e. The number of likely N-dealkylation sites (N-methyl/N-ethyl adjacent to an activating group) is 1. The van der Waals surface area contributed by atoms with Gasteiger partial charge < -0.3 is 19.5 Å². The Balaban J connectivity index is 1.43. The van der Waals surface area contributed by atoms with Crippen molar-refractivity contribution in [3.05, 3.63) is 36.2 Å². The standard InChI is InChI=1S/C26H29N5O3/c1-14(16-10-22(32)27-12-16)34-24-23-20(28-13-31(23)17-6-7-17)11-19(29-24)15-5-8-18-21(9-15)30(4)25(33)26(18,2)3/h5,8-9,11,13-14,16-17H,6-7,10,12H2,1-4H3,(H,27,32)/t14-,16?/m1/s1. The number of anilines is 1. The number of pyridine rings is 1. The van der Waals surface area contributed by atoms with Crippen LogP contribution >= 0.6 is 0 Å². The first kappa shape index (κ1) is 21.1. The molecule has 0 bridgehead atoms. The van der Waals surface area contributed by atoms with Crippen LogP contribution in [0.1, 0.15) is 51.6 Å². The summed E-state index contributed by atoms with van der Waals surface area (Å²) in [6, 6.07) is 8.51. The molecule has 1 N–H and O–H groups in total. The van der Waals surface area contributed by atoms with Crippen LogP contribution < -0.4 is 15.0 Å². The van der Waals surface area contributed by atoms with E-state index >= 15 is 0 Å². The molecule has 176 valence electrons. The van der Waals surface area contributed by atoms with E-state index in [-0.39, 0.29) is 23.8 Å². The average Bonchev–Trinajstić information content (AvgIpc) is 3.37. The third kappa shape index (κ3) is 3.19. The minimum absolute atomic E-state index is 0.0649. The molecule has 1 aliphatic carbocycles. The number of carbonyl (C=O) groups excluding carboxylic acids is 2. The number of hydrogen-bond donors (Lipinski definition) is 1. The Labute approximate surface area is 198 Å². The van der Waals surface area contributed by atoms with Crippen LogP contribution in [0, 0.1) is 5.92 Å². The van der Waals surface area contributed by atoms with Crippen LogP contribution in [0.3, 0.4) is 0 Å². The molecular formula is C26H29N5O3. The van der Waals surface area contributed by atoms with Gasteiger partial charge in [0.25, 0.3) is 0 Å². The molecule has 2 aromatic heterocycles. The van der Waals surface area contributed by atoms with Crippen LogP contribution in [0.15, 0.2) is 30.6 Å². The van der Waals surface area contributed by atoms with E-state index < -0.39 is 5.41 Å². The number of rotatable bonds is 5. The fraction of sp³-hybridized carbons (Fsp3) is 0.462. The van der Waals surface area contributed by atoms with E-state index in [4.69, 9.17) is 9.72 Å². The van der Waals surface area contributed by atoms with Crippen molar-refractivity contribution in [3.8, 4) is 17.1 Å². The molecule has 1 saturated heterocycles. The van der Waals surface area contributed by atoms with Crippen LogP contribution in [-0.2, 0) is 15.0 Å². The highest BCUT2D eigenvalue weighted by Crippen LogP contribution is 2.44. The summed E-state index contributed by atoms with van der Waals surface area (Å²) < 4.78 is 8.60. The van der Waals surface area contributed by atoms with Crippen molar-refractivity contribution in [2.24, 2.45) is 5.92 Å². The normalized spacial score (nSPS) is 22.2. The Hall–Kier alpha value is -3.42. The monoisotopic (exact) mass is 459 g/mol. The van der Waals surface area contributed by atoms with Crippen LogP contribution in [0.25, 0.3) is 22.3 Å². The van der Waals surface area contributed by atoms with Gasteiger partial charge in [-0.15, -0.1) is 0 Å². The molecule has 1 aromatic carbocycles. The van der Waals surface area contributed by atoms with Crippen molar-refractivity contribution < 1.29 is 14.3 Å². The highest BCUT2D eigenvalue weighted by Gasteiger charge is 2.42. The smallest absolute Gasteiger partial charge is 0.241 e. The van der Waals surface area contributed by atoms with E-state index in [0.29, 0.717) is 24.9 Å². The van der Waals surface area contributed by atoms with Gasteiger partial charge in [0.15, 0.2) is 0 Å². The molecule has 2 aliphatic heterocycles. The van der Waals surface area contributed by atoms with E-state index in [9.17, 15) is 9.59 Å². The van der Waals surface area contributed by atoms with E-state index in [1.54, 1.807) is 4.90 Å². The summed E-state index contributed by atoms with van der Waals surface area (Å²) in [5.74, 6) is 0.806. The molecule has 6 rings (SSSR count). The third-order valence-corrected chi connectivity index (χ3v) is 7.60. The largest absolute Gasteiger partial charge is 0.473 e. The zero-order valence-corrected chi connectivity index (χ0v) is 20.0. The molecule has 34 heavy (non-hydrogen) atoms. The number of ether oxygens (including phenoxy) is 1. The molecule has 2 amide bonds. The Morgan fingerprint density at radius 2 is 2.00 bits per heavy atom. The number of fused-ring (bicyclic) bond motifs is 2. The molecular weight excluding hydrogens is 430 g/mol. The highest BCUT2D eigenvalue weighted by molar-refractivity contribution is 6.07. The minimum atomic E-state index is -0.542. The van der Waals surface area contributed by atoms with Gasteiger partial charge in [0.2, 0.25) is 17.7 Å². The fourth-order valence-electron chi connectivity index (χ4n) is 5.26. The summed E-state index contributed by atoms with van der Waals surface area (Å²) in [6.07, 6.45) is 4.43. The minimum Gasteiger partial charge on any atom is -0.473 e. The van der Waals surface area contributed by atoms with E-state index in [1.165, 1.54) is 0 Å². The average molecular weight is 460 g/mol. The van der Waals surface area contributed by atoms with Gasteiger partial charge in [0.05, 0.1) is 23.0 Å². The van der Waals surface area contributed by atoms with Crippen LogP contribution in [0.4, 0.5) is 5.69 Å². The topological polar surface area (TPSA) is 89.3 Å². The van der Waals surface area contributed by atoms with Gasteiger partial charge in [-0.25, -0.2) is 9.97 Å². The maximum atomic E-state index is 12.8.